The molecule has 0 unspecified atom stereocenters. The third kappa shape index (κ3) is 3.33. The Labute approximate surface area is 146 Å². The highest BCUT2D eigenvalue weighted by atomic mass is 16.5. The van der Waals surface area contributed by atoms with E-state index in [1.54, 1.807) is 24.4 Å². The van der Waals surface area contributed by atoms with E-state index >= 15 is 0 Å². The summed E-state index contributed by atoms with van der Waals surface area (Å²) in [5.74, 6) is -0.406. The summed E-state index contributed by atoms with van der Waals surface area (Å²) >= 11 is 0. The molecule has 0 N–H and O–H groups in total. The van der Waals surface area contributed by atoms with Crippen LogP contribution in [-0.4, -0.2) is 17.1 Å². The van der Waals surface area contributed by atoms with Gasteiger partial charge in [-0.15, -0.1) is 0 Å². The largest absolute Gasteiger partial charge is 0.462 e. The minimum absolute atomic E-state index is 0.146. The van der Waals surface area contributed by atoms with Crippen molar-refractivity contribution >= 4 is 16.7 Å². The van der Waals surface area contributed by atoms with Crippen molar-refractivity contribution in [2.45, 2.75) is 26.7 Å². The number of carbonyl (C=O) groups excluding carboxylic acids is 1. The number of pyridine rings is 1. The fourth-order valence-electron chi connectivity index (χ4n) is 2.81. The van der Waals surface area contributed by atoms with Crippen LogP contribution in [0.15, 0.2) is 59.5 Å². The molecule has 0 bridgehead atoms. The lowest BCUT2D eigenvalue weighted by molar-refractivity contribution is 0.0506. The van der Waals surface area contributed by atoms with Crippen LogP contribution in [-0.2, 0) is 11.2 Å². The summed E-state index contributed by atoms with van der Waals surface area (Å²) in [6, 6.07) is 14.9. The van der Waals surface area contributed by atoms with Crippen LogP contribution in [0.2, 0.25) is 0 Å². The van der Waals surface area contributed by atoms with Gasteiger partial charge in [-0.2, -0.15) is 0 Å². The van der Waals surface area contributed by atoms with Gasteiger partial charge in [-0.25, -0.2) is 4.79 Å². The summed E-state index contributed by atoms with van der Waals surface area (Å²) in [6.07, 6.45) is 3.27. The maximum absolute atomic E-state index is 12.9. The van der Waals surface area contributed by atoms with Crippen LogP contribution in [0.3, 0.4) is 0 Å². The third-order valence-electron chi connectivity index (χ3n) is 4.20. The smallest absolute Gasteiger partial charge is 0.340 e. The van der Waals surface area contributed by atoms with E-state index < -0.39 is 5.97 Å². The molecule has 0 aliphatic heterocycles. The lowest BCUT2D eigenvalue weighted by Crippen LogP contribution is -2.21. The van der Waals surface area contributed by atoms with Crippen molar-refractivity contribution in [2.24, 2.45) is 0 Å². The van der Waals surface area contributed by atoms with Crippen molar-refractivity contribution in [1.29, 1.82) is 0 Å². The molecule has 1 heterocycles. The minimum Gasteiger partial charge on any atom is -0.462 e. The molecule has 4 heteroatoms. The van der Waals surface area contributed by atoms with E-state index in [9.17, 15) is 9.59 Å². The summed E-state index contributed by atoms with van der Waals surface area (Å²) in [5.41, 5.74) is 2.19. The predicted octanol–water partition coefficient (Wildman–Crippen LogP) is 4.12. The van der Waals surface area contributed by atoms with Gasteiger partial charge in [0.05, 0.1) is 12.2 Å². The molecule has 0 aliphatic carbocycles. The molecule has 0 aliphatic rings. The maximum Gasteiger partial charge on any atom is 0.340 e. The fraction of sp³-hybridized carbons (Fsp3) is 0.238. The van der Waals surface area contributed by atoms with Gasteiger partial charge >= 0.3 is 5.97 Å². The van der Waals surface area contributed by atoms with E-state index in [1.807, 2.05) is 37.3 Å². The Hall–Kier alpha value is -2.88. The van der Waals surface area contributed by atoms with E-state index in [4.69, 9.17) is 4.74 Å². The van der Waals surface area contributed by atoms with Crippen molar-refractivity contribution in [2.75, 3.05) is 6.61 Å². The number of aryl methyl sites for hydroxylation is 1. The first-order valence-electron chi connectivity index (χ1n) is 8.56. The number of esters is 1. The molecule has 4 nitrogen and oxygen atoms in total. The fourth-order valence-corrected chi connectivity index (χ4v) is 2.81. The highest BCUT2D eigenvalue weighted by Crippen LogP contribution is 2.19. The van der Waals surface area contributed by atoms with Crippen molar-refractivity contribution in [3.63, 3.8) is 0 Å². The van der Waals surface area contributed by atoms with E-state index in [2.05, 4.69) is 6.92 Å². The van der Waals surface area contributed by atoms with Crippen LogP contribution in [0.1, 0.15) is 36.2 Å². The lowest BCUT2D eigenvalue weighted by Gasteiger charge is -2.12. The first kappa shape index (κ1) is 17.0. The minimum atomic E-state index is -0.406. The molecule has 0 radical (unpaired) electrons. The Bertz CT molecular complexity index is 955. The summed E-state index contributed by atoms with van der Waals surface area (Å²) in [5, 5.41) is 1.13. The molecule has 0 atom stereocenters. The molecule has 25 heavy (non-hydrogen) atoms. The average molecular weight is 335 g/mol. The van der Waals surface area contributed by atoms with Crippen LogP contribution in [0.4, 0.5) is 0 Å². The molecule has 0 fully saturated rings. The molecule has 1 aromatic heterocycles. The van der Waals surface area contributed by atoms with Crippen molar-refractivity contribution in [3.05, 3.63) is 76.2 Å². The van der Waals surface area contributed by atoms with Crippen LogP contribution >= 0.6 is 0 Å². The quantitative estimate of drug-likeness (QED) is 0.659. The zero-order valence-corrected chi connectivity index (χ0v) is 14.5. The maximum atomic E-state index is 12.9. The molecule has 0 saturated heterocycles. The summed E-state index contributed by atoms with van der Waals surface area (Å²) in [4.78, 5) is 25.4. The first-order chi connectivity index (χ1) is 12.2. The molecule has 0 amide bonds. The van der Waals surface area contributed by atoms with Crippen molar-refractivity contribution in [1.82, 2.24) is 4.57 Å². The molecular formula is C21H21NO3. The number of rotatable bonds is 5. The Morgan fingerprint density at radius 3 is 2.32 bits per heavy atom. The van der Waals surface area contributed by atoms with E-state index in [0.717, 1.165) is 18.5 Å². The second-order valence-corrected chi connectivity index (χ2v) is 5.92. The van der Waals surface area contributed by atoms with Crippen LogP contribution in [0.25, 0.3) is 16.5 Å². The van der Waals surface area contributed by atoms with Gasteiger partial charge in [-0.3, -0.25) is 9.36 Å². The number of aromatic nitrogens is 1. The van der Waals surface area contributed by atoms with Gasteiger partial charge in [0.1, 0.15) is 0 Å². The normalized spacial score (nSPS) is 10.8. The lowest BCUT2D eigenvalue weighted by atomic mass is 10.1. The average Bonchev–Trinajstić information content (AvgIpc) is 2.67. The third-order valence-corrected chi connectivity index (χ3v) is 4.20. The second kappa shape index (κ2) is 7.34. The topological polar surface area (TPSA) is 48.3 Å². The van der Waals surface area contributed by atoms with Gasteiger partial charge in [0, 0.05) is 22.7 Å². The summed E-state index contributed by atoms with van der Waals surface area (Å²) < 4.78 is 6.82. The molecule has 2 aromatic carbocycles. The van der Waals surface area contributed by atoms with Gasteiger partial charge in [0.2, 0.25) is 0 Å². The standard InChI is InChI=1S/C21H21NO3/c1-3-13-25-21(24)19-14-22(16-11-9-15(4-2)10-12-16)20(23)18-8-6-5-7-17(18)19/h5-12,14H,3-4,13H2,1-2H3. The molecule has 3 aromatic rings. The van der Waals surface area contributed by atoms with Crippen LogP contribution in [0, 0.1) is 0 Å². The van der Waals surface area contributed by atoms with Gasteiger partial charge in [0.15, 0.2) is 0 Å². The Kier molecular flexibility index (Phi) is 4.98. The van der Waals surface area contributed by atoms with E-state index in [1.165, 1.54) is 10.1 Å². The van der Waals surface area contributed by atoms with Crippen LogP contribution in [0.5, 0.6) is 0 Å². The Morgan fingerprint density at radius 1 is 1.00 bits per heavy atom. The number of ether oxygens (including phenoxy) is 1. The number of carbonyl (C=O) groups is 1. The van der Waals surface area contributed by atoms with Crippen molar-refractivity contribution < 1.29 is 9.53 Å². The molecular weight excluding hydrogens is 314 g/mol. The zero-order valence-electron chi connectivity index (χ0n) is 14.5. The number of fused-ring (bicyclic) bond motifs is 1. The van der Waals surface area contributed by atoms with E-state index in [-0.39, 0.29) is 5.56 Å². The highest BCUT2D eigenvalue weighted by Gasteiger charge is 2.16. The molecule has 128 valence electrons. The SMILES string of the molecule is CCCOC(=O)c1cn(-c2ccc(CC)cc2)c(=O)c2ccccc12. The monoisotopic (exact) mass is 335 g/mol. The predicted molar refractivity (Wildman–Crippen MR) is 99.5 cm³/mol. The highest BCUT2D eigenvalue weighted by molar-refractivity contribution is 6.04. The molecule has 0 saturated carbocycles. The second-order valence-electron chi connectivity index (χ2n) is 5.92. The van der Waals surface area contributed by atoms with Gasteiger partial charge in [-0.05, 0) is 36.6 Å². The van der Waals surface area contributed by atoms with Gasteiger partial charge in [-0.1, -0.05) is 44.2 Å². The summed E-state index contributed by atoms with van der Waals surface area (Å²) in [7, 11) is 0. The molecule has 3 rings (SSSR count). The zero-order chi connectivity index (χ0) is 17.8. The summed E-state index contributed by atoms with van der Waals surface area (Å²) in [6.45, 7) is 4.39. The van der Waals surface area contributed by atoms with Gasteiger partial charge in [0.25, 0.3) is 5.56 Å². The van der Waals surface area contributed by atoms with Gasteiger partial charge < -0.3 is 4.74 Å². The number of nitrogens with zero attached hydrogens (tertiary/aromatic N) is 1. The Morgan fingerprint density at radius 2 is 1.68 bits per heavy atom. The molecule has 0 spiro atoms. The first-order valence-corrected chi connectivity index (χ1v) is 8.56. The number of hydrogen-bond acceptors (Lipinski definition) is 3. The van der Waals surface area contributed by atoms with Crippen LogP contribution < -0.4 is 5.56 Å². The number of benzene rings is 2. The number of hydrogen-bond donors (Lipinski definition) is 0. The van der Waals surface area contributed by atoms with Crippen molar-refractivity contribution in [3.8, 4) is 5.69 Å². The van der Waals surface area contributed by atoms with E-state index in [0.29, 0.717) is 22.9 Å². The Balaban J connectivity index is 2.20.